The molecular formula is C13H17ClN2O2. The van der Waals surface area contributed by atoms with Crippen molar-refractivity contribution in [3.05, 3.63) is 28.8 Å². The molecule has 2 rings (SSSR count). The van der Waals surface area contributed by atoms with Crippen molar-refractivity contribution in [1.82, 2.24) is 4.90 Å². The van der Waals surface area contributed by atoms with Gasteiger partial charge in [-0.05, 0) is 32.2 Å². The van der Waals surface area contributed by atoms with Crippen LogP contribution < -0.4 is 4.90 Å². The number of anilines is 1. The van der Waals surface area contributed by atoms with Crippen LogP contribution in [0.25, 0.3) is 0 Å². The highest BCUT2D eigenvalue weighted by atomic mass is 35.5. The van der Waals surface area contributed by atoms with Gasteiger partial charge in [0.25, 0.3) is 0 Å². The highest BCUT2D eigenvalue weighted by Crippen LogP contribution is 2.29. The number of hydrogen-bond acceptors (Lipinski definition) is 3. The summed E-state index contributed by atoms with van der Waals surface area (Å²) in [5, 5.41) is 9.42. The maximum absolute atomic E-state index is 10.9. The van der Waals surface area contributed by atoms with Crippen molar-refractivity contribution >= 4 is 23.3 Å². The standard InChI is InChI=1S/C13H17ClN2O2/c1-9-8-15(2)5-6-16(9)12-4-3-10(13(17)18)7-11(12)14/h3-4,7,9H,5-6,8H2,1-2H3,(H,17,18). The van der Waals surface area contributed by atoms with Crippen molar-refractivity contribution in [3.63, 3.8) is 0 Å². The van der Waals surface area contributed by atoms with Gasteiger partial charge in [-0.3, -0.25) is 0 Å². The number of hydrogen-bond donors (Lipinski definition) is 1. The maximum Gasteiger partial charge on any atom is 0.335 e. The summed E-state index contributed by atoms with van der Waals surface area (Å²) in [6, 6.07) is 5.30. The second-order valence-electron chi connectivity index (χ2n) is 4.78. The summed E-state index contributed by atoms with van der Waals surface area (Å²) in [5.74, 6) is -0.949. The molecule has 0 radical (unpaired) electrons. The van der Waals surface area contributed by atoms with E-state index >= 15 is 0 Å². The summed E-state index contributed by atoms with van der Waals surface area (Å²) >= 11 is 6.19. The molecule has 1 saturated heterocycles. The van der Waals surface area contributed by atoms with Gasteiger partial charge in [0.1, 0.15) is 0 Å². The zero-order valence-electron chi connectivity index (χ0n) is 10.6. The molecule has 4 nitrogen and oxygen atoms in total. The van der Waals surface area contributed by atoms with Crippen LogP contribution in [0.1, 0.15) is 17.3 Å². The van der Waals surface area contributed by atoms with Gasteiger partial charge in [0.05, 0.1) is 16.3 Å². The van der Waals surface area contributed by atoms with Crippen molar-refractivity contribution in [3.8, 4) is 0 Å². The van der Waals surface area contributed by atoms with E-state index in [-0.39, 0.29) is 5.56 Å². The Balaban J connectivity index is 2.26. The van der Waals surface area contributed by atoms with E-state index in [1.54, 1.807) is 12.1 Å². The lowest BCUT2D eigenvalue weighted by Gasteiger charge is -2.40. The molecule has 1 atom stereocenters. The second-order valence-corrected chi connectivity index (χ2v) is 5.18. The molecule has 1 aromatic carbocycles. The number of aromatic carboxylic acids is 1. The van der Waals surface area contributed by atoms with Crippen LogP contribution in [0.5, 0.6) is 0 Å². The van der Waals surface area contributed by atoms with Crippen LogP contribution in [0.15, 0.2) is 18.2 Å². The fourth-order valence-corrected chi connectivity index (χ4v) is 2.66. The molecule has 1 aliphatic rings. The Bertz CT molecular complexity index is 464. The van der Waals surface area contributed by atoms with Gasteiger partial charge in [-0.1, -0.05) is 11.6 Å². The van der Waals surface area contributed by atoms with Crippen LogP contribution in [0.3, 0.4) is 0 Å². The van der Waals surface area contributed by atoms with E-state index in [2.05, 4.69) is 23.8 Å². The highest BCUT2D eigenvalue weighted by molar-refractivity contribution is 6.33. The van der Waals surface area contributed by atoms with Crippen LogP contribution in [0, 0.1) is 0 Å². The Labute approximate surface area is 112 Å². The molecule has 1 fully saturated rings. The molecule has 98 valence electrons. The summed E-state index contributed by atoms with van der Waals surface area (Å²) in [7, 11) is 2.10. The minimum atomic E-state index is -0.949. The van der Waals surface area contributed by atoms with E-state index < -0.39 is 5.97 Å². The van der Waals surface area contributed by atoms with Gasteiger partial charge >= 0.3 is 5.97 Å². The van der Waals surface area contributed by atoms with Crippen LogP contribution in [0.4, 0.5) is 5.69 Å². The number of rotatable bonds is 2. The molecular weight excluding hydrogens is 252 g/mol. The van der Waals surface area contributed by atoms with Crippen molar-refractivity contribution in [2.45, 2.75) is 13.0 Å². The highest BCUT2D eigenvalue weighted by Gasteiger charge is 2.23. The number of nitrogens with zero attached hydrogens (tertiary/aromatic N) is 2. The van der Waals surface area contributed by atoms with E-state index in [0.717, 1.165) is 25.3 Å². The third kappa shape index (κ3) is 2.60. The van der Waals surface area contributed by atoms with E-state index in [0.29, 0.717) is 11.1 Å². The van der Waals surface area contributed by atoms with Gasteiger partial charge in [0, 0.05) is 25.7 Å². The van der Waals surface area contributed by atoms with Crippen molar-refractivity contribution in [1.29, 1.82) is 0 Å². The quantitative estimate of drug-likeness (QED) is 0.893. The van der Waals surface area contributed by atoms with E-state index in [1.165, 1.54) is 6.07 Å². The molecule has 1 aromatic rings. The zero-order chi connectivity index (χ0) is 13.3. The smallest absolute Gasteiger partial charge is 0.335 e. The number of carboxylic acid groups (broad SMARTS) is 1. The number of benzene rings is 1. The summed E-state index contributed by atoms with van der Waals surface area (Å²) in [5.41, 5.74) is 1.15. The van der Waals surface area contributed by atoms with Gasteiger partial charge < -0.3 is 14.9 Å². The summed E-state index contributed by atoms with van der Waals surface area (Å²) < 4.78 is 0. The predicted molar refractivity (Wildman–Crippen MR) is 72.7 cm³/mol. The first-order chi connectivity index (χ1) is 8.49. The SMILES string of the molecule is CC1CN(C)CCN1c1ccc(C(=O)O)cc1Cl. The monoisotopic (exact) mass is 268 g/mol. The number of carboxylic acids is 1. The van der Waals surface area contributed by atoms with Gasteiger partial charge in [0.15, 0.2) is 0 Å². The Kier molecular flexibility index (Phi) is 3.78. The molecule has 1 unspecified atom stereocenters. The second kappa shape index (κ2) is 5.16. The largest absolute Gasteiger partial charge is 0.478 e. The van der Waals surface area contributed by atoms with Crippen molar-refractivity contribution in [2.24, 2.45) is 0 Å². The van der Waals surface area contributed by atoms with Crippen LogP contribution in [-0.4, -0.2) is 48.7 Å². The van der Waals surface area contributed by atoms with Crippen molar-refractivity contribution in [2.75, 3.05) is 31.6 Å². The van der Waals surface area contributed by atoms with Gasteiger partial charge in [-0.2, -0.15) is 0 Å². The van der Waals surface area contributed by atoms with Gasteiger partial charge in [-0.15, -0.1) is 0 Å². The first-order valence-corrected chi connectivity index (χ1v) is 6.35. The lowest BCUT2D eigenvalue weighted by atomic mass is 10.1. The molecule has 1 N–H and O–H groups in total. The lowest BCUT2D eigenvalue weighted by Crippen LogP contribution is -2.50. The van der Waals surface area contributed by atoms with E-state index in [9.17, 15) is 4.79 Å². The summed E-state index contributed by atoms with van der Waals surface area (Å²) in [4.78, 5) is 15.4. The molecule has 18 heavy (non-hydrogen) atoms. The van der Waals surface area contributed by atoms with Crippen molar-refractivity contribution < 1.29 is 9.90 Å². The summed E-state index contributed by atoms with van der Waals surface area (Å²) in [6.45, 7) is 5.03. The average Bonchev–Trinajstić information content (AvgIpc) is 2.30. The van der Waals surface area contributed by atoms with Gasteiger partial charge in [0.2, 0.25) is 0 Å². The Hall–Kier alpha value is -1.26. The molecule has 1 aliphatic heterocycles. The number of piperazine rings is 1. The third-order valence-electron chi connectivity index (χ3n) is 3.33. The fourth-order valence-electron chi connectivity index (χ4n) is 2.37. The maximum atomic E-state index is 10.9. The third-order valence-corrected chi connectivity index (χ3v) is 3.64. The molecule has 0 aliphatic carbocycles. The van der Waals surface area contributed by atoms with E-state index in [4.69, 9.17) is 16.7 Å². The van der Waals surface area contributed by atoms with E-state index in [1.807, 2.05) is 0 Å². The first kappa shape index (κ1) is 13.2. The predicted octanol–water partition coefficient (Wildman–Crippen LogP) is 2.18. The average molecular weight is 269 g/mol. The molecule has 0 aromatic heterocycles. The first-order valence-electron chi connectivity index (χ1n) is 5.97. The molecule has 0 bridgehead atoms. The zero-order valence-corrected chi connectivity index (χ0v) is 11.3. The fraction of sp³-hybridized carbons (Fsp3) is 0.462. The topological polar surface area (TPSA) is 43.8 Å². The Morgan fingerprint density at radius 1 is 1.44 bits per heavy atom. The molecule has 0 saturated carbocycles. The van der Waals surface area contributed by atoms with Crippen LogP contribution in [0.2, 0.25) is 5.02 Å². The minimum Gasteiger partial charge on any atom is -0.478 e. The molecule has 5 heteroatoms. The van der Waals surface area contributed by atoms with Gasteiger partial charge in [-0.25, -0.2) is 4.79 Å². The number of halogens is 1. The number of carbonyl (C=O) groups is 1. The summed E-state index contributed by atoms with van der Waals surface area (Å²) in [6.07, 6.45) is 0. The van der Waals surface area contributed by atoms with Crippen LogP contribution >= 0.6 is 11.6 Å². The Morgan fingerprint density at radius 3 is 2.72 bits per heavy atom. The normalized spacial score (nSPS) is 21.1. The van der Waals surface area contributed by atoms with Crippen LogP contribution in [-0.2, 0) is 0 Å². The number of likely N-dealkylation sites (N-methyl/N-ethyl adjacent to an activating group) is 1. The molecule has 0 spiro atoms. The molecule has 0 amide bonds. The molecule has 1 heterocycles. The minimum absolute atomic E-state index is 0.227. The Morgan fingerprint density at radius 2 is 2.17 bits per heavy atom. The lowest BCUT2D eigenvalue weighted by molar-refractivity contribution is 0.0697.